The molecular weight excluding hydrogens is 310 g/mol. The summed E-state index contributed by atoms with van der Waals surface area (Å²) in [5.41, 5.74) is 2.70. The molecule has 132 valence electrons. The third kappa shape index (κ3) is 4.40. The maximum Gasteiger partial charge on any atom is 0.314 e. The zero-order valence-electron chi connectivity index (χ0n) is 14.9. The second-order valence-corrected chi connectivity index (χ2v) is 6.84. The van der Waals surface area contributed by atoms with Gasteiger partial charge in [0.05, 0.1) is 0 Å². The fourth-order valence-electron chi connectivity index (χ4n) is 3.68. The molecule has 1 fully saturated rings. The quantitative estimate of drug-likeness (QED) is 0.880. The highest BCUT2D eigenvalue weighted by Gasteiger charge is 2.36. The lowest BCUT2D eigenvalue weighted by atomic mass is 9.72. The average molecular weight is 337 g/mol. The van der Waals surface area contributed by atoms with Gasteiger partial charge < -0.3 is 10.6 Å². The van der Waals surface area contributed by atoms with Gasteiger partial charge in [0.1, 0.15) is 0 Å². The minimum Gasteiger partial charge on any atom is -0.341 e. The highest BCUT2D eigenvalue weighted by atomic mass is 16.2. The van der Waals surface area contributed by atoms with Crippen molar-refractivity contribution in [2.75, 3.05) is 26.7 Å². The molecule has 0 aromatic heterocycles. The van der Waals surface area contributed by atoms with Crippen LogP contribution in [0, 0.1) is 0 Å². The van der Waals surface area contributed by atoms with Gasteiger partial charge >= 0.3 is 6.03 Å². The molecule has 0 radical (unpaired) electrons. The lowest BCUT2D eigenvalue weighted by Crippen LogP contribution is -2.50. The summed E-state index contributed by atoms with van der Waals surface area (Å²) in [4.78, 5) is 14.2. The molecule has 25 heavy (non-hydrogen) atoms. The number of piperidine rings is 1. The Morgan fingerprint density at radius 3 is 2.20 bits per heavy atom. The van der Waals surface area contributed by atoms with Crippen LogP contribution in [0.1, 0.15) is 24.0 Å². The van der Waals surface area contributed by atoms with Crippen LogP contribution in [0.5, 0.6) is 0 Å². The van der Waals surface area contributed by atoms with E-state index >= 15 is 0 Å². The standard InChI is InChI=1S/C21H27N3O/c1-22-20(25)23-17-21(19-10-6-3-7-11-19)12-14-24(15-13-21)16-18-8-4-2-5-9-18/h2-11H,12-17H2,1H3,(H2,22,23,25). The number of urea groups is 1. The van der Waals surface area contributed by atoms with Gasteiger partial charge in [0.25, 0.3) is 0 Å². The smallest absolute Gasteiger partial charge is 0.314 e. The van der Waals surface area contributed by atoms with Gasteiger partial charge in [-0.2, -0.15) is 0 Å². The molecule has 0 aliphatic carbocycles. The van der Waals surface area contributed by atoms with Crippen molar-refractivity contribution in [3.63, 3.8) is 0 Å². The Morgan fingerprint density at radius 2 is 1.60 bits per heavy atom. The number of hydrogen-bond acceptors (Lipinski definition) is 2. The fourth-order valence-corrected chi connectivity index (χ4v) is 3.68. The molecule has 1 heterocycles. The van der Waals surface area contributed by atoms with Gasteiger partial charge in [-0.15, -0.1) is 0 Å². The Kier molecular flexibility index (Phi) is 5.71. The lowest BCUT2D eigenvalue weighted by Gasteiger charge is -2.42. The first kappa shape index (κ1) is 17.5. The number of rotatable bonds is 5. The summed E-state index contributed by atoms with van der Waals surface area (Å²) in [6, 6.07) is 21.1. The van der Waals surface area contributed by atoms with Gasteiger partial charge in [0.15, 0.2) is 0 Å². The molecular formula is C21H27N3O. The molecule has 2 aromatic rings. The van der Waals surface area contributed by atoms with Gasteiger partial charge in [-0.3, -0.25) is 4.90 Å². The Labute approximate surface area is 150 Å². The molecule has 1 aliphatic rings. The van der Waals surface area contributed by atoms with E-state index in [2.05, 4.69) is 70.1 Å². The van der Waals surface area contributed by atoms with Crippen LogP contribution in [0.15, 0.2) is 60.7 Å². The largest absolute Gasteiger partial charge is 0.341 e. The Bertz CT molecular complexity index is 664. The first-order valence-corrected chi connectivity index (χ1v) is 8.99. The highest BCUT2D eigenvalue weighted by molar-refractivity contribution is 5.73. The summed E-state index contributed by atoms with van der Waals surface area (Å²) in [6.45, 7) is 3.75. The van der Waals surface area contributed by atoms with E-state index in [-0.39, 0.29) is 11.4 Å². The summed E-state index contributed by atoms with van der Waals surface area (Å²) in [5.74, 6) is 0. The molecule has 0 bridgehead atoms. The van der Waals surface area contributed by atoms with E-state index in [1.165, 1.54) is 11.1 Å². The SMILES string of the molecule is CNC(=O)NCC1(c2ccccc2)CCN(Cc2ccccc2)CC1. The predicted molar refractivity (Wildman–Crippen MR) is 102 cm³/mol. The number of benzene rings is 2. The van der Waals surface area contributed by atoms with Gasteiger partial charge in [-0.25, -0.2) is 4.79 Å². The topological polar surface area (TPSA) is 44.4 Å². The number of carbonyl (C=O) groups is 1. The van der Waals surface area contributed by atoms with E-state index in [1.807, 2.05) is 6.07 Å². The molecule has 3 rings (SSSR count). The third-order valence-electron chi connectivity index (χ3n) is 5.26. The predicted octanol–water partition coefficient (Wildman–Crippen LogP) is 3.15. The summed E-state index contributed by atoms with van der Waals surface area (Å²) in [7, 11) is 1.66. The van der Waals surface area contributed by atoms with Crippen LogP contribution in [0.2, 0.25) is 0 Å². The van der Waals surface area contributed by atoms with Crippen molar-refractivity contribution in [3.8, 4) is 0 Å². The summed E-state index contributed by atoms with van der Waals surface area (Å²) < 4.78 is 0. The summed E-state index contributed by atoms with van der Waals surface area (Å²) in [6.07, 6.45) is 2.10. The molecule has 0 saturated carbocycles. The number of likely N-dealkylation sites (tertiary alicyclic amines) is 1. The fraction of sp³-hybridized carbons (Fsp3) is 0.381. The molecule has 0 atom stereocenters. The monoisotopic (exact) mass is 337 g/mol. The zero-order chi connectivity index (χ0) is 17.5. The Morgan fingerprint density at radius 1 is 1.00 bits per heavy atom. The molecule has 2 N–H and O–H groups in total. The molecule has 4 nitrogen and oxygen atoms in total. The highest BCUT2D eigenvalue weighted by Crippen LogP contribution is 2.35. The van der Waals surface area contributed by atoms with E-state index in [1.54, 1.807) is 7.05 Å². The van der Waals surface area contributed by atoms with E-state index < -0.39 is 0 Å². The van der Waals surface area contributed by atoms with Crippen LogP contribution >= 0.6 is 0 Å². The van der Waals surface area contributed by atoms with Crippen LogP contribution < -0.4 is 10.6 Å². The first-order chi connectivity index (χ1) is 12.2. The van der Waals surface area contributed by atoms with Crippen molar-refractivity contribution >= 4 is 6.03 Å². The van der Waals surface area contributed by atoms with Crippen molar-refractivity contribution in [3.05, 3.63) is 71.8 Å². The van der Waals surface area contributed by atoms with Crippen molar-refractivity contribution < 1.29 is 4.79 Å². The van der Waals surface area contributed by atoms with Crippen molar-refractivity contribution in [2.45, 2.75) is 24.8 Å². The van der Waals surface area contributed by atoms with Gasteiger partial charge in [-0.05, 0) is 37.1 Å². The zero-order valence-corrected chi connectivity index (χ0v) is 14.9. The number of nitrogens with zero attached hydrogens (tertiary/aromatic N) is 1. The molecule has 0 unspecified atom stereocenters. The van der Waals surface area contributed by atoms with E-state index in [9.17, 15) is 4.79 Å². The second-order valence-electron chi connectivity index (χ2n) is 6.84. The van der Waals surface area contributed by atoms with E-state index in [0.29, 0.717) is 6.54 Å². The summed E-state index contributed by atoms with van der Waals surface area (Å²) in [5, 5.41) is 5.69. The van der Waals surface area contributed by atoms with Gasteiger partial charge in [0.2, 0.25) is 0 Å². The summed E-state index contributed by atoms with van der Waals surface area (Å²) >= 11 is 0. The average Bonchev–Trinajstić information content (AvgIpc) is 2.69. The molecule has 2 amide bonds. The normalized spacial score (nSPS) is 17.0. The van der Waals surface area contributed by atoms with Gasteiger partial charge in [0, 0.05) is 25.6 Å². The number of carbonyl (C=O) groups excluding carboxylic acids is 1. The lowest BCUT2D eigenvalue weighted by molar-refractivity contribution is 0.150. The first-order valence-electron chi connectivity index (χ1n) is 8.99. The number of amides is 2. The van der Waals surface area contributed by atoms with Crippen LogP contribution in [-0.4, -0.2) is 37.6 Å². The third-order valence-corrected chi connectivity index (χ3v) is 5.26. The van der Waals surface area contributed by atoms with Crippen molar-refractivity contribution in [2.24, 2.45) is 0 Å². The van der Waals surface area contributed by atoms with E-state index in [0.717, 1.165) is 32.5 Å². The maximum atomic E-state index is 11.7. The van der Waals surface area contributed by atoms with Crippen molar-refractivity contribution in [1.29, 1.82) is 0 Å². The number of nitrogens with one attached hydrogen (secondary N) is 2. The van der Waals surface area contributed by atoms with Crippen LogP contribution in [-0.2, 0) is 12.0 Å². The molecule has 1 saturated heterocycles. The maximum absolute atomic E-state index is 11.7. The Hall–Kier alpha value is -2.33. The van der Waals surface area contributed by atoms with Crippen LogP contribution in [0.25, 0.3) is 0 Å². The number of hydrogen-bond donors (Lipinski definition) is 2. The molecule has 4 heteroatoms. The molecule has 0 spiro atoms. The molecule has 1 aliphatic heterocycles. The van der Waals surface area contributed by atoms with Crippen molar-refractivity contribution in [1.82, 2.24) is 15.5 Å². The minimum absolute atomic E-state index is 0.0148. The van der Waals surface area contributed by atoms with E-state index in [4.69, 9.17) is 0 Å². The second kappa shape index (κ2) is 8.17. The molecule has 2 aromatic carbocycles. The van der Waals surface area contributed by atoms with Crippen LogP contribution in [0.3, 0.4) is 0 Å². The Balaban J connectivity index is 1.69. The van der Waals surface area contributed by atoms with Gasteiger partial charge in [-0.1, -0.05) is 60.7 Å². The minimum atomic E-state index is -0.109. The van der Waals surface area contributed by atoms with Crippen LogP contribution in [0.4, 0.5) is 4.79 Å².